The number of carbonyl (C=O) groups is 1. The molecule has 19 heavy (non-hydrogen) atoms. The number of benzene rings is 1. The Labute approximate surface area is 113 Å². The Morgan fingerprint density at radius 1 is 1.32 bits per heavy atom. The van der Waals surface area contributed by atoms with Crippen LogP contribution in [0, 0.1) is 0 Å². The minimum absolute atomic E-state index is 0.0921. The zero-order valence-electron chi connectivity index (χ0n) is 11.0. The summed E-state index contributed by atoms with van der Waals surface area (Å²) in [6.45, 7) is 0. The topological polar surface area (TPSA) is 64.4 Å². The number of hydrogen-bond acceptors (Lipinski definition) is 3. The molecule has 0 bridgehead atoms. The predicted molar refractivity (Wildman–Crippen MR) is 74.1 cm³/mol. The van der Waals surface area contributed by atoms with E-state index in [1.165, 1.54) is 12.8 Å². The van der Waals surface area contributed by atoms with Gasteiger partial charge in [0.1, 0.15) is 5.75 Å². The van der Waals surface area contributed by atoms with E-state index in [-0.39, 0.29) is 5.91 Å². The van der Waals surface area contributed by atoms with E-state index in [4.69, 9.17) is 10.5 Å². The molecule has 1 aromatic carbocycles. The molecular formula is C15H20N2O2. The van der Waals surface area contributed by atoms with Crippen molar-refractivity contribution in [2.24, 2.45) is 5.73 Å². The number of rotatable bonds is 4. The number of carbonyl (C=O) groups excluding carboxylic acids is 1. The molecule has 1 aromatic rings. The predicted octanol–water partition coefficient (Wildman–Crippen LogP) is 2.44. The minimum Gasteiger partial charge on any atom is -0.490 e. The average molecular weight is 260 g/mol. The van der Waals surface area contributed by atoms with Crippen molar-refractivity contribution in [3.05, 3.63) is 24.3 Å². The third-order valence-corrected chi connectivity index (χ3v) is 3.94. The highest BCUT2D eigenvalue weighted by Gasteiger charge is 2.45. The molecule has 3 N–H and O–H groups in total. The van der Waals surface area contributed by atoms with Crippen LogP contribution in [-0.4, -0.2) is 17.6 Å². The van der Waals surface area contributed by atoms with Crippen LogP contribution in [-0.2, 0) is 4.79 Å². The first-order chi connectivity index (χ1) is 9.16. The first kappa shape index (κ1) is 12.5. The van der Waals surface area contributed by atoms with Gasteiger partial charge in [-0.15, -0.1) is 0 Å². The SMILES string of the molecule is NC1(C(=O)Nc2cccc(OC3CCCC3)c2)CC1. The van der Waals surface area contributed by atoms with Crippen LogP contribution in [0.2, 0.25) is 0 Å². The Bertz CT molecular complexity index is 477. The third-order valence-electron chi connectivity index (χ3n) is 3.94. The summed E-state index contributed by atoms with van der Waals surface area (Å²) in [4.78, 5) is 11.9. The first-order valence-electron chi connectivity index (χ1n) is 7.03. The van der Waals surface area contributed by atoms with Gasteiger partial charge in [-0.05, 0) is 50.7 Å². The Morgan fingerprint density at radius 2 is 2.05 bits per heavy atom. The highest BCUT2D eigenvalue weighted by molar-refractivity contribution is 6.00. The lowest BCUT2D eigenvalue weighted by atomic mass is 10.2. The van der Waals surface area contributed by atoms with E-state index in [1.807, 2.05) is 24.3 Å². The number of anilines is 1. The van der Waals surface area contributed by atoms with Gasteiger partial charge in [0.05, 0.1) is 11.6 Å². The highest BCUT2D eigenvalue weighted by atomic mass is 16.5. The van der Waals surface area contributed by atoms with Gasteiger partial charge < -0.3 is 15.8 Å². The van der Waals surface area contributed by atoms with E-state index < -0.39 is 5.54 Å². The van der Waals surface area contributed by atoms with Gasteiger partial charge in [-0.3, -0.25) is 4.79 Å². The molecule has 4 heteroatoms. The van der Waals surface area contributed by atoms with E-state index >= 15 is 0 Å². The highest BCUT2D eigenvalue weighted by Crippen LogP contribution is 2.33. The smallest absolute Gasteiger partial charge is 0.244 e. The summed E-state index contributed by atoms with van der Waals surface area (Å²) >= 11 is 0. The second-order valence-electron chi connectivity index (χ2n) is 5.66. The fraction of sp³-hybridized carbons (Fsp3) is 0.533. The van der Waals surface area contributed by atoms with E-state index in [1.54, 1.807) is 0 Å². The summed E-state index contributed by atoms with van der Waals surface area (Å²) in [5.41, 5.74) is 5.99. The van der Waals surface area contributed by atoms with Crippen molar-refractivity contribution < 1.29 is 9.53 Å². The monoisotopic (exact) mass is 260 g/mol. The number of amides is 1. The molecular weight excluding hydrogens is 240 g/mol. The molecule has 102 valence electrons. The fourth-order valence-electron chi connectivity index (χ4n) is 2.46. The van der Waals surface area contributed by atoms with Crippen molar-refractivity contribution in [3.63, 3.8) is 0 Å². The van der Waals surface area contributed by atoms with E-state index in [0.717, 1.165) is 37.1 Å². The normalized spacial score (nSPS) is 21.1. The molecule has 0 atom stereocenters. The molecule has 1 amide bonds. The molecule has 2 aliphatic rings. The molecule has 0 heterocycles. The Kier molecular flexibility index (Phi) is 3.19. The fourth-order valence-corrected chi connectivity index (χ4v) is 2.46. The molecule has 0 aromatic heterocycles. The maximum Gasteiger partial charge on any atom is 0.244 e. The molecule has 3 rings (SSSR count). The lowest BCUT2D eigenvalue weighted by Gasteiger charge is -2.15. The van der Waals surface area contributed by atoms with Crippen LogP contribution in [0.25, 0.3) is 0 Å². The van der Waals surface area contributed by atoms with Gasteiger partial charge in [-0.2, -0.15) is 0 Å². The largest absolute Gasteiger partial charge is 0.490 e. The van der Waals surface area contributed by atoms with Crippen LogP contribution in [0.3, 0.4) is 0 Å². The Morgan fingerprint density at radius 3 is 2.74 bits per heavy atom. The summed E-state index contributed by atoms with van der Waals surface area (Å²) in [7, 11) is 0. The molecule has 0 radical (unpaired) electrons. The van der Waals surface area contributed by atoms with Gasteiger partial charge in [0, 0.05) is 11.8 Å². The summed E-state index contributed by atoms with van der Waals surface area (Å²) in [5, 5.41) is 2.87. The summed E-state index contributed by atoms with van der Waals surface area (Å²) in [6.07, 6.45) is 6.63. The van der Waals surface area contributed by atoms with E-state index in [9.17, 15) is 4.79 Å². The zero-order chi connectivity index (χ0) is 13.3. The number of hydrogen-bond donors (Lipinski definition) is 2. The Balaban J connectivity index is 1.63. The molecule has 0 saturated heterocycles. The lowest BCUT2D eigenvalue weighted by Crippen LogP contribution is -2.37. The molecule has 2 fully saturated rings. The molecule has 4 nitrogen and oxygen atoms in total. The van der Waals surface area contributed by atoms with Crippen LogP contribution in [0.1, 0.15) is 38.5 Å². The van der Waals surface area contributed by atoms with E-state index in [0.29, 0.717) is 6.10 Å². The molecule has 0 unspecified atom stereocenters. The molecule has 2 saturated carbocycles. The van der Waals surface area contributed by atoms with Crippen LogP contribution in [0.5, 0.6) is 5.75 Å². The lowest BCUT2D eigenvalue weighted by molar-refractivity contribution is -0.118. The van der Waals surface area contributed by atoms with Crippen LogP contribution in [0.4, 0.5) is 5.69 Å². The summed E-state index contributed by atoms with van der Waals surface area (Å²) in [5.74, 6) is 0.733. The second-order valence-corrected chi connectivity index (χ2v) is 5.66. The van der Waals surface area contributed by atoms with Crippen LogP contribution < -0.4 is 15.8 Å². The summed E-state index contributed by atoms with van der Waals surface area (Å²) < 4.78 is 5.92. The van der Waals surface area contributed by atoms with Gasteiger partial charge in [0.25, 0.3) is 0 Å². The van der Waals surface area contributed by atoms with Gasteiger partial charge in [0.2, 0.25) is 5.91 Å². The molecule has 0 spiro atoms. The quantitative estimate of drug-likeness (QED) is 0.874. The minimum atomic E-state index is -0.637. The number of ether oxygens (including phenoxy) is 1. The maximum absolute atomic E-state index is 11.9. The van der Waals surface area contributed by atoms with Crippen molar-refractivity contribution in [2.45, 2.75) is 50.2 Å². The van der Waals surface area contributed by atoms with Gasteiger partial charge in [0.15, 0.2) is 0 Å². The van der Waals surface area contributed by atoms with Crippen molar-refractivity contribution in [2.75, 3.05) is 5.32 Å². The molecule has 2 aliphatic carbocycles. The summed E-state index contributed by atoms with van der Waals surface area (Å²) in [6, 6.07) is 7.58. The van der Waals surface area contributed by atoms with Gasteiger partial charge in [-0.25, -0.2) is 0 Å². The standard InChI is InChI=1S/C15H20N2O2/c16-15(8-9-15)14(18)17-11-4-3-7-13(10-11)19-12-5-1-2-6-12/h3-4,7,10,12H,1-2,5-6,8-9,16H2,(H,17,18). The van der Waals surface area contributed by atoms with Crippen LogP contribution >= 0.6 is 0 Å². The first-order valence-corrected chi connectivity index (χ1v) is 7.03. The van der Waals surface area contributed by atoms with Crippen molar-refractivity contribution >= 4 is 11.6 Å². The number of nitrogens with one attached hydrogen (secondary N) is 1. The van der Waals surface area contributed by atoms with Gasteiger partial charge >= 0.3 is 0 Å². The average Bonchev–Trinajstić information content (AvgIpc) is 2.95. The number of nitrogens with two attached hydrogens (primary N) is 1. The zero-order valence-corrected chi connectivity index (χ0v) is 11.0. The maximum atomic E-state index is 11.9. The van der Waals surface area contributed by atoms with Crippen molar-refractivity contribution in [1.29, 1.82) is 0 Å². The Hall–Kier alpha value is -1.55. The van der Waals surface area contributed by atoms with Gasteiger partial charge in [-0.1, -0.05) is 6.07 Å². The second kappa shape index (κ2) is 4.85. The van der Waals surface area contributed by atoms with Crippen molar-refractivity contribution in [3.8, 4) is 5.75 Å². The van der Waals surface area contributed by atoms with Crippen LogP contribution in [0.15, 0.2) is 24.3 Å². The third kappa shape index (κ3) is 2.89. The molecule has 0 aliphatic heterocycles. The van der Waals surface area contributed by atoms with Crippen molar-refractivity contribution in [1.82, 2.24) is 0 Å². The van der Waals surface area contributed by atoms with E-state index in [2.05, 4.69) is 5.32 Å².